The molecule has 4 nitrogen and oxygen atoms in total. The quantitative estimate of drug-likeness (QED) is 0.764. The van der Waals surface area contributed by atoms with E-state index in [1.54, 1.807) is 12.1 Å². The molecule has 1 atom stereocenters. The average molecular weight is 407 g/mol. The van der Waals surface area contributed by atoms with E-state index in [1.165, 1.54) is 6.07 Å². The minimum absolute atomic E-state index is 0.0213. The molecule has 0 bridgehead atoms. The van der Waals surface area contributed by atoms with Crippen molar-refractivity contribution >= 4 is 40.8 Å². The second-order valence-corrected chi connectivity index (χ2v) is 8.36. The lowest BCUT2D eigenvalue weighted by molar-refractivity contribution is -0.306. The van der Waals surface area contributed by atoms with Crippen LogP contribution in [0, 0.1) is 0 Å². The Morgan fingerprint density at radius 2 is 1.67 bits per heavy atom. The van der Waals surface area contributed by atoms with E-state index in [4.69, 9.17) is 23.2 Å². The summed E-state index contributed by atoms with van der Waals surface area (Å²) in [5.74, 6) is -2.14. The standard InChI is InChI=1S/C21H23Cl2NO3/c1-21(2,3)14-4-7-16(8-5-14)24-19(25)10-13(11-20(26)27)17-9-6-15(22)12-18(17)23/h4-9,12-13H,10-11H2,1-3H3,(H,24,25)(H,26,27)/p-1/t13-/m1/s1. The highest BCUT2D eigenvalue weighted by Gasteiger charge is 2.20. The Morgan fingerprint density at radius 3 is 2.19 bits per heavy atom. The maximum Gasteiger partial charge on any atom is 0.224 e. The molecule has 0 aliphatic carbocycles. The number of hydrogen-bond donors (Lipinski definition) is 1. The smallest absolute Gasteiger partial charge is 0.224 e. The van der Waals surface area contributed by atoms with Crippen molar-refractivity contribution in [2.45, 2.75) is 44.9 Å². The van der Waals surface area contributed by atoms with Crippen molar-refractivity contribution in [2.75, 3.05) is 5.32 Å². The summed E-state index contributed by atoms with van der Waals surface area (Å²) in [6, 6.07) is 12.4. The first-order chi connectivity index (χ1) is 12.6. The first-order valence-electron chi connectivity index (χ1n) is 8.61. The maximum absolute atomic E-state index is 12.4. The number of halogens is 2. The van der Waals surface area contributed by atoms with Gasteiger partial charge in [0.2, 0.25) is 5.91 Å². The number of carbonyl (C=O) groups is 2. The summed E-state index contributed by atoms with van der Waals surface area (Å²) < 4.78 is 0. The maximum atomic E-state index is 12.4. The number of carboxylic acid groups (broad SMARTS) is 1. The summed E-state index contributed by atoms with van der Waals surface area (Å²) in [6.07, 6.45) is -0.339. The van der Waals surface area contributed by atoms with Gasteiger partial charge in [-0.2, -0.15) is 0 Å². The lowest BCUT2D eigenvalue weighted by Crippen LogP contribution is -2.26. The molecular formula is C21H22Cl2NO3-. The van der Waals surface area contributed by atoms with Gasteiger partial charge in [0.1, 0.15) is 0 Å². The summed E-state index contributed by atoms with van der Waals surface area (Å²) in [7, 11) is 0. The predicted molar refractivity (Wildman–Crippen MR) is 107 cm³/mol. The van der Waals surface area contributed by atoms with E-state index in [0.29, 0.717) is 21.3 Å². The van der Waals surface area contributed by atoms with Crippen LogP contribution >= 0.6 is 23.2 Å². The first kappa shape index (κ1) is 21.3. The fraction of sp³-hybridized carbons (Fsp3) is 0.333. The number of hydrogen-bond acceptors (Lipinski definition) is 3. The normalized spacial score (nSPS) is 12.5. The van der Waals surface area contributed by atoms with Gasteiger partial charge >= 0.3 is 0 Å². The largest absolute Gasteiger partial charge is 0.550 e. The third-order valence-electron chi connectivity index (χ3n) is 4.28. The summed E-state index contributed by atoms with van der Waals surface area (Å²) in [6.45, 7) is 6.34. The molecule has 0 heterocycles. The lowest BCUT2D eigenvalue weighted by Gasteiger charge is -2.20. The zero-order valence-electron chi connectivity index (χ0n) is 15.5. The van der Waals surface area contributed by atoms with Gasteiger partial charge in [0.25, 0.3) is 0 Å². The molecule has 0 aromatic heterocycles. The summed E-state index contributed by atoms with van der Waals surface area (Å²) in [5.41, 5.74) is 2.39. The third-order valence-corrected chi connectivity index (χ3v) is 4.84. The number of benzene rings is 2. The van der Waals surface area contributed by atoms with Gasteiger partial charge in [0.05, 0.1) is 0 Å². The molecule has 144 valence electrons. The van der Waals surface area contributed by atoms with Crippen molar-refractivity contribution in [3.8, 4) is 0 Å². The fourth-order valence-corrected chi connectivity index (χ4v) is 3.38. The van der Waals surface area contributed by atoms with E-state index >= 15 is 0 Å². The Hall–Kier alpha value is -2.04. The molecule has 2 aromatic carbocycles. The van der Waals surface area contributed by atoms with Crippen LogP contribution in [0.4, 0.5) is 5.69 Å². The van der Waals surface area contributed by atoms with Crippen molar-refractivity contribution in [3.05, 3.63) is 63.6 Å². The second kappa shape index (κ2) is 8.77. The molecule has 0 fully saturated rings. The van der Waals surface area contributed by atoms with Crippen LogP contribution in [0.1, 0.15) is 50.7 Å². The summed E-state index contributed by atoms with van der Waals surface area (Å²) in [4.78, 5) is 23.6. The molecule has 0 aliphatic rings. The molecule has 0 spiro atoms. The monoisotopic (exact) mass is 406 g/mol. The summed E-state index contributed by atoms with van der Waals surface area (Å²) in [5, 5.41) is 14.7. The Morgan fingerprint density at radius 1 is 1.04 bits per heavy atom. The van der Waals surface area contributed by atoms with Crippen LogP contribution in [0.25, 0.3) is 0 Å². The molecular weight excluding hydrogens is 385 g/mol. The zero-order valence-corrected chi connectivity index (χ0v) is 17.0. The topological polar surface area (TPSA) is 69.2 Å². The second-order valence-electron chi connectivity index (χ2n) is 7.52. The van der Waals surface area contributed by atoms with E-state index in [0.717, 1.165) is 5.56 Å². The number of nitrogens with one attached hydrogen (secondary N) is 1. The molecule has 2 rings (SSSR count). The van der Waals surface area contributed by atoms with Crippen LogP contribution in [0.2, 0.25) is 10.0 Å². The number of carboxylic acids is 1. The number of anilines is 1. The Bertz CT molecular complexity index is 826. The van der Waals surface area contributed by atoms with Crippen LogP contribution in [0.3, 0.4) is 0 Å². The SMILES string of the molecule is CC(C)(C)c1ccc(NC(=O)C[C@H](CC(=O)[O-])c2ccc(Cl)cc2Cl)cc1. The van der Waals surface area contributed by atoms with Crippen LogP contribution in [0.15, 0.2) is 42.5 Å². The van der Waals surface area contributed by atoms with Gasteiger partial charge in [-0.1, -0.05) is 62.2 Å². The van der Waals surface area contributed by atoms with Gasteiger partial charge in [0, 0.05) is 28.1 Å². The molecule has 2 aromatic rings. The number of carbonyl (C=O) groups excluding carboxylic acids is 2. The van der Waals surface area contributed by atoms with Crippen molar-refractivity contribution < 1.29 is 14.7 Å². The van der Waals surface area contributed by atoms with Crippen molar-refractivity contribution in [1.82, 2.24) is 0 Å². The molecule has 0 saturated heterocycles. The lowest BCUT2D eigenvalue weighted by atomic mass is 9.87. The van der Waals surface area contributed by atoms with Gasteiger partial charge < -0.3 is 15.2 Å². The van der Waals surface area contributed by atoms with Gasteiger partial charge in [-0.3, -0.25) is 4.79 Å². The van der Waals surface area contributed by atoms with E-state index < -0.39 is 11.9 Å². The van der Waals surface area contributed by atoms with Crippen molar-refractivity contribution in [3.63, 3.8) is 0 Å². The van der Waals surface area contributed by atoms with Gasteiger partial charge in [-0.05, 0) is 53.1 Å². The van der Waals surface area contributed by atoms with Crippen molar-refractivity contribution in [2.24, 2.45) is 0 Å². The first-order valence-corrected chi connectivity index (χ1v) is 9.37. The van der Waals surface area contributed by atoms with Gasteiger partial charge in [0.15, 0.2) is 0 Å². The molecule has 0 unspecified atom stereocenters. The molecule has 27 heavy (non-hydrogen) atoms. The van der Waals surface area contributed by atoms with E-state index in [2.05, 4.69) is 26.1 Å². The van der Waals surface area contributed by atoms with E-state index in [-0.39, 0.29) is 24.2 Å². The van der Waals surface area contributed by atoms with Gasteiger partial charge in [-0.25, -0.2) is 0 Å². The van der Waals surface area contributed by atoms with Crippen LogP contribution in [-0.4, -0.2) is 11.9 Å². The number of aliphatic carboxylic acids is 1. The highest BCUT2D eigenvalue weighted by molar-refractivity contribution is 6.35. The molecule has 1 amide bonds. The van der Waals surface area contributed by atoms with Crippen LogP contribution < -0.4 is 10.4 Å². The van der Waals surface area contributed by atoms with Crippen LogP contribution in [0.5, 0.6) is 0 Å². The molecule has 0 saturated carbocycles. The minimum Gasteiger partial charge on any atom is -0.550 e. The Balaban J connectivity index is 2.12. The average Bonchev–Trinajstić information content (AvgIpc) is 2.53. The van der Waals surface area contributed by atoms with Crippen LogP contribution in [-0.2, 0) is 15.0 Å². The molecule has 1 N–H and O–H groups in total. The minimum atomic E-state index is -1.24. The highest BCUT2D eigenvalue weighted by Crippen LogP contribution is 2.32. The van der Waals surface area contributed by atoms with E-state index in [1.807, 2.05) is 24.3 Å². The number of amides is 1. The Labute approximate surface area is 169 Å². The van der Waals surface area contributed by atoms with Crippen molar-refractivity contribution in [1.29, 1.82) is 0 Å². The zero-order chi connectivity index (χ0) is 20.2. The third kappa shape index (κ3) is 6.26. The van der Waals surface area contributed by atoms with Gasteiger partial charge in [-0.15, -0.1) is 0 Å². The van der Waals surface area contributed by atoms with E-state index in [9.17, 15) is 14.7 Å². The predicted octanol–water partition coefficient (Wildman–Crippen LogP) is 4.54. The molecule has 0 radical (unpaired) electrons. The fourth-order valence-electron chi connectivity index (χ4n) is 2.82. The number of rotatable bonds is 6. The summed E-state index contributed by atoms with van der Waals surface area (Å²) >= 11 is 12.1. The Kier molecular flexibility index (Phi) is 6.90. The highest BCUT2D eigenvalue weighted by atomic mass is 35.5. The molecule has 0 aliphatic heterocycles. The molecule has 6 heteroatoms.